The Balaban J connectivity index is 2.04. The number of nitro benzene ring substituents is 1. The molecule has 7 heteroatoms. The quantitative estimate of drug-likeness (QED) is 0.655. The molecule has 1 fully saturated rings. The maximum absolute atomic E-state index is 13.4. The number of nitrogens with two attached hydrogens (primary N) is 1. The second kappa shape index (κ2) is 5.96. The molecular weight excluding hydrogens is 265 g/mol. The molecule has 3 N–H and O–H groups in total. The summed E-state index contributed by atoms with van der Waals surface area (Å²) in [5.41, 5.74) is 5.43. The molecule has 0 aromatic heterocycles. The highest BCUT2D eigenvalue weighted by atomic mass is 19.1. The number of anilines is 1. The minimum absolute atomic E-state index is 0.0214. The highest BCUT2D eigenvalue weighted by Crippen LogP contribution is 2.26. The number of nitrogens with one attached hydrogen (secondary N) is 1. The standard InChI is InChI=1S/C13H16FN3O3/c14-11-7-10(4-5-12(11)17(19)20)16-13(18)8-2-1-3-9(15)6-8/h4-5,7-9H,1-3,6,15H2,(H,16,18). The van der Waals surface area contributed by atoms with Gasteiger partial charge in [-0.3, -0.25) is 14.9 Å². The minimum atomic E-state index is -0.965. The van der Waals surface area contributed by atoms with E-state index in [2.05, 4.69) is 5.32 Å². The predicted molar refractivity (Wildman–Crippen MR) is 71.6 cm³/mol. The van der Waals surface area contributed by atoms with E-state index in [4.69, 9.17) is 5.73 Å². The van der Waals surface area contributed by atoms with Crippen molar-refractivity contribution >= 4 is 17.3 Å². The van der Waals surface area contributed by atoms with Crippen LogP contribution < -0.4 is 11.1 Å². The Labute approximate surface area is 115 Å². The molecule has 0 heterocycles. The van der Waals surface area contributed by atoms with Crippen LogP contribution >= 0.6 is 0 Å². The lowest BCUT2D eigenvalue weighted by atomic mass is 9.85. The SMILES string of the molecule is NC1CCCC(C(=O)Nc2ccc([N+](=O)[O-])c(F)c2)C1. The third-order valence-corrected chi connectivity index (χ3v) is 3.50. The van der Waals surface area contributed by atoms with Crippen molar-refractivity contribution < 1.29 is 14.1 Å². The summed E-state index contributed by atoms with van der Waals surface area (Å²) >= 11 is 0. The van der Waals surface area contributed by atoms with Crippen molar-refractivity contribution in [2.24, 2.45) is 11.7 Å². The number of carbonyl (C=O) groups excluding carboxylic acids is 1. The fourth-order valence-corrected chi connectivity index (χ4v) is 2.44. The lowest BCUT2D eigenvalue weighted by Crippen LogP contribution is -2.34. The van der Waals surface area contributed by atoms with E-state index < -0.39 is 16.4 Å². The van der Waals surface area contributed by atoms with Crippen LogP contribution in [0, 0.1) is 21.8 Å². The molecule has 2 rings (SSSR count). The summed E-state index contributed by atoms with van der Waals surface area (Å²) in [4.78, 5) is 21.7. The number of hydrogen-bond acceptors (Lipinski definition) is 4. The van der Waals surface area contributed by atoms with Gasteiger partial charge >= 0.3 is 5.69 Å². The van der Waals surface area contributed by atoms with Crippen molar-refractivity contribution in [2.45, 2.75) is 31.7 Å². The first-order valence-electron chi connectivity index (χ1n) is 6.47. The van der Waals surface area contributed by atoms with Gasteiger partial charge in [-0.2, -0.15) is 4.39 Å². The Morgan fingerprint density at radius 3 is 2.80 bits per heavy atom. The van der Waals surface area contributed by atoms with E-state index in [-0.39, 0.29) is 23.6 Å². The molecule has 108 valence electrons. The van der Waals surface area contributed by atoms with Crippen LogP contribution in [0.15, 0.2) is 18.2 Å². The van der Waals surface area contributed by atoms with Gasteiger partial charge in [-0.15, -0.1) is 0 Å². The number of benzene rings is 1. The highest BCUT2D eigenvalue weighted by molar-refractivity contribution is 5.92. The van der Waals surface area contributed by atoms with Gasteiger partial charge in [0.2, 0.25) is 11.7 Å². The summed E-state index contributed by atoms with van der Waals surface area (Å²) in [5, 5.41) is 13.1. The molecule has 1 saturated carbocycles. The molecule has 1 amide bonds. The van der Waals surface area contributed by atoms with Gasteiger partial charge in [0.05, 0.1) is 4.92 Å². The van der Waals surface area contributed by atoms with Crippen molar-refractivity contribution in [3.63, 3.8) is 0 Å². The second-order valence-corrected chi connectivity index (χ2v) is 5.04. The molecule has 2 unspecified atom stereocenters. The zero-order chi connectivity index (χ0) is 14.7. The molecule has 1 aromatic carbocycles. The van der Waals surface area contributed by atoms with Crippen LogP contribution in [0.4, 0.5) is 15.8 Å². The lowest BCUT2D eigenvalue weighted by Gasteiger charge is -2.25. The number of nitrogens with zero attached hydrogens (tertiary/aromatic N) is 1. The number of nitro groups is 1. The van der Waals surface area contributed by atoms with E-state index >= 15 is 0 Å². The average molecular weight is 281 g/mol. The normalized spacial score (nSPS) is 22.3. The maximum atomic E-state index is 13.4. The van der Waals surface area contributed by atoms with Gasteiger partial charge in [-0.25, -0.2) is 0 Å². The predicted octanol–water partition coefficient (Wildman–Crippen LogP) is 2.19. The molecule has 2 atom stereocenters. The van der Waals surface area contributed by atoms with Gasteiger partial charge in [0.15, 0.2) is 0 Å². The van der Waals surface area contributed by atoms with Crippen molar-refractivity contribution in [1.82, 2.24) is 0 Å². The zero-order valence-corrected chi connectivity index (χ0v) is 10.8. The van der Waals surface area contributed by atoms with E-state index in [0.717, 1.165) is 31.4 Å². The number of amides is 1. The van der Waals surface area contributed by atoms with Crippen LogP contribution in [0.5, 0.6) is 0 Å². The fourth-order valence-electron chi connectivity index (χ4n) is 2.44. The minimum Gasteiger partial charge on any atom is -0.328 e. The second-order valence-electron chi connectivity index (χ2n) is 5.04. The Morgan fingerprint density at radius 1 is 1.45 bits per heavy atom. The van der Waals surface area contributed by atoms with Crippen molar-refractivity contribution in [3.05, 3.63) is 34.1 Å². The third kappa shape index (κ3) is 3.30. The first kappa shape index (κ1) is 14.4. The summed E-state index contributed by atoms with van der Waals surface area (Å²) in [5.74, 6) is -1.36. The highest BCUT2D eigenvalue weighted by Gasteiger charge is 2.25. The molecule has 0 saturated heterocycles. The van der Waals surface area contributed by atoms with Crippen LogP contribution in [0.3, 0.4) is 0 Å². The molecular formula is C13H16FN3O3. The van der Waals surface area contributed by atoms with Gasteiger partial charge in [0, 0.05) is 29.8 Å². The molecule has 20 heavy (non-hydrogen) atoms. The summed E-state index contributed by atoms with van der Waals surface area (Å²) in [6, 6.07) is 3.34. The molecule has 0 radical (unpaired) electrons. The van der Waals surface area contributed by atoms with Gasteiger partial charge in [0.25, 0.3) is 0 Å². The van der Waals surface area contributed by atoms with Crippen LogP contribution in [0.25, 0.3) is 0 Å². The molecule has 1 aliphatic rings. The monoisotopic (exact) mass is 281 g/mol. The molecule has 1 aromatic rings. The zero-order valence-electron chi connectivity index (χ0n) is 10.8. The summed E-state index contributed by atoms with van der Waals surface area (Å²) in [6.45, 7) is 0. The topological polar surface area (TPSA) is 98.3 Å². The van der Waals surface area contributed by atoms with E-state index in [0.29, 0.717) is 6.42 Å². The third-order valence-electron chi connectivity index (χ3n) is 3.50. The van der Waals surface area contributed by atoms with Crippen LogP contribution in [0.2, 0.25) is 0 Å². The van der Waals surface area contributed by atoms with E-state index in [9.17, 15) is 19.3 Å². The molecule has 1 aliphatic carbocycles. The average Bonchev–Trinajstić information content (AvgIpc) is 2.38. The van der Waals surface area contributed by atoms with E-state index in [1.807, 2.05) is 0 Å². The Hall–Kier alpha value is -2.02. The summed E-state index contributed by atoms with van der Waals surface area (Å²) in [7, 11) is 0. The number of rotatable bonds is 3. The van der Waals surface area contributed by atoms with Crippen LogP contribution in [-0.2, 0) is 4.79 Å². The van der Waals surface area contributed by atoms with Crippen molar-refractivity contribution in [1.29, 1.82) is 0 Å². The van der Waals surface area contributed by atoms with E-state index in [1.54, 1.807) is 0 Å². The molecule has 0 bridgehead atoms. The largest absolute Gasteiger partial charge is 0.328 e. The fraction of sp³-hybridized carbons (Fsp3) is 0.462. The Kier molecular flexibility index (Phi) is 4.29. The molecule has 0 spiro atoms. The first-order chi connectivity index (χ1) is 9.47. The van der Waals surface area contributed by atoms with Gasteiger partial charge in [-0.1, -0.05) is 6.42 Å². The first-order valence-corrected chi connectivity index (χ1v) is 6.47. The van der Waals surface area contributed by atoms with Crippen LogP contribution in [0.1, 0.15) is 25.7 Å². The lowest BCUT2D eigenvalue weighted by molar-refractivity contribution is -0.387. The maximum Gasteiger partial charge on any atom is 0.304 e. The number of halogens is 1. The van der Waals surface area contributed by atoms with Crippen LogP contribution in [-0.4, -0.2) is 16.9 Å². The number of hydrogen-bond donors (Lipinski definition) is 2. The smallest absolute Gasteiger partial charge is 0.304 e. The van der Waals surface area contributed by atoms with Crippen molar-refractivity contribution in [2.75, 3.05) is 5.32 Å². The Bertz CT molecular complexity index is 536. The summed E-state index contributed by atoms with van der Waals surface area (Å²) < 4.78 is 13.4. The Morgan fingerprint density at radius 2 is 2.20 bits per heavy atom. The van der Waals surface area contributed by atoms with Gasteiger partial charge in [0.1, 0.15) is 0 Å². The molecule has 0 aliphatic heterocycles. The van der Waals surface area contributed by atoms with Crippen molar-refractivity contribution in [3.8, 4) is 0 Å². The van der Waals surface area contributed by atoms with Gasteiger partial charge < -0.3 is 11.1 Å². The number of carbonyl (C=O) groups is 1. The van der Waals surface area contributed by atoms with Gasteiger partial charge in [-0.05, 0) is 25.3 Å². The molecule has 6 nitrogen and oxygen atoms in total. The van der Waals surface area contributed by atoms with E-state index in [1.165, 1.54) is 6.07 Å². The summed E-state index contributed by atoms with van der Waals surface area (Å²) in [6.07, 6.45) is 3.18.